The number of rotatable bonds is 2. The molecule has 0 saturated carbocycles. The fourth-order valence-corrected chi connectivity index (χ4v) is 2.36. The average Bonchev–Trinajstić information content (AvgIpc) is 2.39. The third kappa shape index (κ3) is 2.80. The van der Waals surface area contributed by atoms with Crippen LogP contribution in [0, 0.1) is 16.5 Å². The van der Waals surface area contributed by atoms with Gasteiger partial charge in [-0.05, 0) is 24.3 Å². The first-order chi connectivity index (χ1) is 9.05. The van der Waals surface area contributed by atoms with E-state index < -0.39 is 14.9 Å². The van der Waals surface area contributed by atoms with E-state index in [4.69, 9.17) is 5.26 Å². The Kier molecular flexibility index (Phi) is 3.62. The maximum Gasteiger partial charge on any atom is 0.277 e. The highest BCUT2D eigenvalue weighted by atomic mass is 32.2. The molecular formula is C13H10N2O3S. The molecule has 5 nitrogen and oxygen atoms in total. The van der Waals surface area contributed by atoms with Crippen LogP contribution in [0.25, 0.3) is 0 Å². The minimum absolute atomic E-state index is 0.0319. The van der Waals surface area contributed by atoms with Crippen molar-refractivity contribution in [3.63, 3.8) is 0 Å². The molecule has 0 bridgehead atoms. The first-order valence-electron chi connectivity index (χ1n) is 5.46. The number of nitriles is 1. The van der Waals surface area contributed by atoms with Gasteiger partial charge in [0.1, 0.15) is 12.7 Å². The molecule has 1 aliphatic rings. The smallest absolute Gasteiger partial charge is 0.277 e. The predicted octanol–water partition coefficient (Wildman–Crippen LogP) is 1.47. The molecule has 6 heteroatoms. The van der Waals surface area contributed by atoms with E-state index in [1.165, 1.54) is 24.4 Å². The summed E-state index contributed by atoms with van der Waals surface area (Å²) >= 11 is 0. The highest BCUT2D eigenvalue weighted by molar-refractivity contribution is 7.72. The molecule has 0 aromatic heterocycles. The minimum Gasteiger partial charge on any atom is -0.621 e. The Morgan fingerprint density at radius 3 is 2.47 bits per heavy atom. The lowest BCUT2D eigenvalue weighted by molar-refractivity contribution is -0.744. The lowest BCUT2D eigenvalue weighted by Crippen LogP contribution is -2.42. The van der Waals surface area contributed by atoms with Crippen LogP contribution in [0.5, 0.6) is 0 Å². The Morgan fingerprint density at radius 2 is 1.89 bits per heavy atom. The van der Waals surface area contributed by atoms with Crippen LogP contribution >= 0.6 is 0 Å². The fourth-order valence-electron chi connectivity index (χ4n) is 1.79. The first-order valence-corrected chi connectivity index (χ1v) is 6.53. The SMILES string of the molecule is N#Cc1ccc(C[N+]2([O-])C=CC=CC2=S(=O)=O)cc1. The molecule has 96 valence electrons. The fraction of sp³-hybridized carbons (Fsp3) is 0.0769. The number of hydrogen-bond acceptors (Lipinski definition) is 4. The molecule has 1 heterocycles. The van der Waals surface area contributed by atoms with Crippen molar-refractivity contribution >= 4 is 15.3 Å². The number of nitrogens with zero attached hydrogens (tertiary/aromatic N) is 2. The second-order valence-corrected chi connectivity index (χ2v) is 4.92. The van der Waals surface area contributed by atoms with Crippen molar-refractivity contribution in [2.24, 2.45) is 0 Å². The molecule has 0 fully saturated rings. The molecule has 1 atom stereocenters. The van der Waals surface area contributed by atoms with Crippen LogP contribution in [0.1, 0.15) is 11.1 Å². The molecule has 0 aliphatic carbocycles. The van der Waals surface area contributed by atoms with E-state index in [0.717, 1.165) is 0 Å². The normalized spacial score (nSPS) is 21.2. The average molecular weight is 274 g/mol. The Balaban J connectivity index is 2.35. The van der Waals surface area contributed by atoms with Gasteiger partial charge in [0, 0.05) is 11.6 Å². The third-order valence-electron chi connectivity index (χ3n) is 2.72. The zero-order valence-electron chi connectivity index (χ0n) is 9.85. The van der Waals surface area contributed by atoms with Crippen molar-refractivity contribution in [2.75, 3.05) is 0 Å². The third-order valence-corrected chi connectivity index (χ3v) is 3.51. The number of hydrogen-bond donors (Lipinski definition) is 0. The lowest BCUT2D eigenvalue weighted by atomic mass is 10.1. The van der Waals surface area contributed by atoms with Crippen molar-refractivity contribution < 1.29 is 13.1 Å². The summed E-state index contributed by atoms with van der Waals surface area (Å²) in [6, 6.07) is 8.47. The van der Waals surface area contributed by atoms with E-state index in [2.05, 4.69) is 0 Å². The van der Waals surface area contributed by atoms with Crippen molar-refractivity contribution in [3.05, 3.63) is 65.0 Å². The van der Waals surface area contributed by atoms with Crippen LogP contribution in [0.2, 0.25) is 0 Å². The minimum atomic E-state index is -2.57. The van der Waals surface area contributed by atoms with E-state index in [-0.39, 0.29) is 11.5 Å². The predicted molar refractivity (Wildman–Crippen MR) is 70.7 cm³/mol. The standard InChI is InChI=1S/C13H10N2O3S/c14-9-11-4-6-12(7-5-11)10-15(16)8-2-1-3-13(15)19(17)18/h1-8H,10H2. The maximum atomic E-state index is 12.5. The summed E-state index contributed by atoms with van der Waals surface area (Å²) in [5, 5.41) is 21.2. The molecule has 0 amide bonds. The summed E-state index contributed by atoms with van der Waals surface area (Å²) in [5.74, 6) is 0. The maximum absolute atomic E-state index is 12.5. The highest BCUT2D eigenvalue weighted by Crippen LogP contribution is 2.19. The zero-order chi connectivity index (χ0) is 13.9. The zero-order valence-corrected chi connectivity index (χ0v) is 10.7. The van der Waals surface area contributed by atoms with E-state index in [1.54, 1.807) is 24.3 Å². The van der Waals surface area contributed by atoms with Gasteiger partial charge in [-0.25, -0.2) is 0 Å². The largest absolute Gasteiger partial charge is 0.621 e. The highest BCUT2D eigenvalue weighted by Gasteiger charge is 2.24. The Morgan fingerprint density at radius 1 is 1.21 bits per heavy atom. The second-order valence-electron chi connectivity index (χ2n) is 4.04. The van der Waals surface area contributed by atoms with Gasteiger partial charge in [0.15, 0.2) is 0 Å². The van der Waals surface area contributed by atoms with Gasteiger partial charge in [-0.2, -0.15) is 13.7 Å². The number of allylic oxidation sites excluding steroid dienone is 2. The summed E-state index contributed by atoms with van der Waals surface area (Å²) in [4.78, 5) is -0.230. The van der Waals surface area contributed by atoms with Crippen LogP contribution in [0.4, 0.5) is 0 Å². The van der Waals surface area contributed by atoms with Crippen LogP contribution in [-0.4, -0.2) is 18.1 Å². The molecule has 1 aromatic carbocycles. The molecule has 1 unspecified atom stereocenters. The van der Waals surface area contributed by atoms with Gasteiger partial charge in [-0.15, -0.1) is 0 Å². The van der Waals surface area contributed by atoms with E-state index in [9.17, 15) is 13.6 Å². The van der Waals surface area contributed by atoms with Crippen molar-refractivity contribution in [1.82, 2.24) is 0 Å². The van der Waals surface area contributed by atoms with Crippen LogP contribution in [0.3, 0.4) is 0 Å². The van der Waals surface area contributed by atoms with Crippen LogP contribution < -0.4 is 0 Å². The molecule has 2 rings (SSSR count). The number of hydroxylamine groups is 3. The molecule has 19 heavy (non-hydrogen) atoms. The van der Waals surface area contributed by atoms with E-state index in [0.29, 0.717) is 11.1 Å². The molecule has 0 spiro atoms. The summed E-state index contributed by atoms with van der Waals surface area (Å²) in [6.07, 6.45) is 5.61. The van der Waals surface area contributed by atoms with Crippen molar-refractivity contribution in [2.45, 2.75) is 6.54 Å². The quantitative estimate of drug-likeness (QED) is 0.464. The van der Waals surface area contributed by atoms with Crippen molar-refractivity contribution in [3.8, 4) is 6.07 Å². The Labute approximate surface area is 112 Å². The molecule has 1 aromatic rings. The van der Waals surface area contributed by atoms with Gasteiger partial charge in [0.25, 0.3) is 15.3 Å². The van der Waals surface area contributed by atoms with Gasteiger partial charge in [0.2, 0.25) is 0 Å². The first kappa shape index (κ1) is 13.2. The molecular weight excluding hydrogens is 264 g/mol. The van der Waals surface area contributed by atoms with E-state index >= 15 is 0 Å². The summed E-state index contributed by atoms with van der Waals surface area (Å²) in [6.45, 7) is -0.0319. The second kappa shape index (κ2) is 5.20. The summed E-state index contributed by atoms with van der Waals surface area (Å²) in [5.41, 5.74) is 1.16. The molecule has 1 aliphatic heterocycles. The Hall–Kier alpha value is -2.20. The number of benzene rings is 1. The monoisotopic (exact) mass is 274 g/mol. The van der Waals surface area contributed by atoms with E-state index in [1.807, 2.05) is 6.07 Å². The topological polar surface area (TPSA) is 81.0 Å². The molecule has 0 saturated heterocycles. The number of quaternary nitrogens is 1. The van der Waals surface area contributed by atoms with Gasteiger partial charge < -0.3 is 5.21 Å². The van der Waals surface area contributed by atoms with Gasteiger partial charge in [0.05, 0.1) is 11.6 Å². The van der Waals surface area contributed by atoms with Crippen molar-refractivity contribution in [1.29, 1.82) is 5.26 Å². The summed E-state index contributed by atoms with van der Waals surface area (Å²) < 4.78 is 21.1. The van der Waals surface area contributed by atoms with Crippen LogP contribution in [0.15, 0.2) is 48.7 Å². The van der Waals surface area contributed by atoms with Gasteiger partial charge in [-0.1, -0.05) is 12.1 Å². The Bertz CT molecular complexity index is 716. The van der Waals surface area contributed by atoms with Crippen LogP contribution in [-0.2, 0) is 16.8 Å². The summed E-state index contributed by atoms with van der Waals surface area (Å²) in [7, 11) is -2.57. The van der Waals surface area contributed by atoms with Gasteiger partial charge in [-0.3, -0.25) is 4.65 Å². The van der Waals surface area contributed by atoms with Gasteiger partial charge >= 0.3 is 0 Å². The molecule has 0 N–H and O–H groups in total. The lowest BCUT2D eigenvalue weighted by Gasteiger charge is -2.37. The molecule has 0 radical (unpaired) electrons.